The van der Waals surface area contributed by atoms with Crippen LogP contribution in [0.2, 0.25) is 0 Å². The minimum Gasteiger partial charge on any atom is -0.767 e. The molecule has 0 rings (SSSR count). The van der Waals surface area contributed by atoms with E-state index in [2.05, 4.69) is 11.9 Å². The second-order valence-electron chi connectivity index (χ2n) is 2.95. The van der Waals surface area contributed by atoms with Crippen LogP contribution in [0, 0.1) is 0 Å². The summed E-state index contributed by atoms with van der Waals surface area (Å²) in [4.78, 5) is 3.97. The van der Waals surface area contributed by atoms with E-state index in [1.807, 2.05) is 0 Å². The average Bonchev–Trinajstić information content (AvgIpc) is 2.16. The first-order valence-electron chi connectivity index (χ1n) is 4.63. The summed E-state index contributed by atoms with van der Waals surface area (Å²) in [6.45, 7) is 2.11. The third-order valence-electron chi connectivity index (χ3n) is 1.83. The van der Waals surface area contributed by atoms with Crippen molar-refractivity contribution in [3.8, 4) is 0 Å². The summed E-state index contributed by atoms with van der Waals surface area (Å²) in [7, 11) is 1.64. The van der Waals surface area contributed by atoms with Crippen LogP contribution in [-0.4, -0.2) is 21.5 Å². The van der Waals surface area contributed by atoms with Gasteiger partial charge in [0, 0.05) is 12.8 Å². The molecular formula is C9H17N2O2S-. The van der Waals surface area contributed by atoms with Crippen LogP contribution in [0.3, 0.4) is 0 Å². The largest absolute Gasteiger partial charge is 0.767 e. The summed E-state index contributed by atoms with van der Waals surface area (Å²) >= 11 is -2.33. The van der Waals surface area contributed by atoms with Crippen molar-refractivity contribution in [1.82, 2.24) is 0 Å². The van der Waals surface area contributed by atoms with Crippen molar-refractivity contribution < 1.29 is 8.76 Å². The molecule has 0 aliphatic rings. The molecule has 5 heteroatoms. The molecule has 0 saturated heterocycles. The Morgan fingerprint density at radius 2 is 2.21 bits per heavy atom. The van der Waals surface area contributed by atoms with Crippen molar-refractivity contribution in [1.29, 1.82) is 0 Å². The highest BCUT2D eigenvalue weighted by atomic mass is 32.2. The van der Waals surface area contributed by atoms with E-state index in [0.29, 0.717) is 0 Å². The predicted octanol–water partition coefficient (Wildman–Crippen LogP) is 1.32. The van der Waals surface area contributed by atoms with Gasteiger partial charge >= 0.3 is 0 Å². The molecule has 0 fully saturated rings. The highest BCUT2D eigenvalue weighted by molar-refractivity contribution is 7.83. The van der Waals surface area contributed by atoms with E-state index < -0.39 is 11.1 Å². The topological polar surface area (TPSA) is 78.5 Å². The Labute approximate surface area is 87.6 Å². The number of nitrogens with zero attached hydrogens (tertiary/aromatic N) is 1. The van der Waals surface area contributed by atoms with E-state index >= 15 is 0 Å². The Balaban J connectivity index is 4.17. The molecule has 2 N–H and O–H groups in total. The highest BCUT2D eigenvalue weighted by Gasteiger charge is 1.97. The maximum atomic E-state index is 10.4. The van der Waals surface area contributed by atoms with Crippen LogP contribution in [0.15, 0.2) is 16.1 Å². The van der Waals surface area contributed by atoms with Crippen molar-refractivity contribution in [3.63, 3.8) is 0 Å². The molecule has 0 amide bonds. The van der Waals surface area contributed by atoms with E-state index in [1.165, 1.54) is 6.08 Å². The van der Waals surface area contributed by atoms with Gasteiger partial charge in [0.2, 0.25) is 0 Å². The molecule has 0 aliphatic heterocycles. The molecule has 0 heterocycles. The molecule has 0 saturated carbocycles. The van der Waals surface area contributed by atoms with Crippen LogP contribution < -0.4 is 5.73 Å². The Hall–Kier alpha value is -0.680. The van der Waals surface area contributed by atoms with Gasteiger partial charge in [-0.25, -0.2) is 0 Å². The number of hydrogen-bond donors (Lipinski definition) is 1. The van der Waals surface area contributed by atoms with Crippen LogP contribution in [-0.2, 0) is 11.1 Å². The normalized spacial score (nSPS) is 15.6. The smallest absolute Gasteiger partial charge is 0.0846 e. The Morgan fingerprint density at radius 1 is 1.57 bits per heavy atom. The molecule has 0 aliphatic carbocycles. The van der Waals surface area contributed by atoms with Crippen LogP contribution in [0.1, 0.15) is 32.6 Å². The van der Waals surface area contributed by atoms with E-state index in [-0.39, 0.29) is 5.03 Å². The Bertz CT molecular complexity index is 249. The minimum atomic E-state index is -2.33. The molecule has 82 valence electrons. The van der Waals surface area contributed by atoms with E-state index in [4.69, 9.17) is 5.73 Å². The standard InChI is InChI=1S/C9H18N2O2S/c1-3-4-5-6-8(11-2)7-9(10)14(12)13/h7H,3-6,10H2,1-2H3,(H,12,13)/p-1. The molecule has 0 radical (unpaired) electrons. The number of allylic oxidation sites excluding steroid dienone is 1. The van der Waals surface area contributed by atoms with Crippen LogP contribution >= 0.6 is 0 Å². The number of aliphatic imine (C=N–C) groups is 1. The first kappa shape index (κ1) is 13.3. The molecule has 1 unspecified atom stereocenters. The van der Waals surface area contributed by atoms with E-state index in [0.717, 1.165) is 31.4 Å². The maximum absolute atomic E-state index is 10.4. The zero-order valence-corrected chi connectivity index (χ0v) is 9.47. The monoisotopic (exact) mass is 217 g/mol. The number of hydrogen-bond acceptors (Lipinski definition) is 4. The highest BCUT2D eigenvalue weighted by Crippen LogP contribution is 2.03. The second kappa shape index (κ2) is 7.70. The summed E-state index contributed by atoms with van der Waals surface area (Å²) in [5.74, 6) is 0. The van der Waals surface area contributed by atoms with Crippen molar-refractivity contribution in [2.75, 3.05) is 7.05 Å². The Kier molecular flexibility index (Phi) is 7.32. The van der Waals surface area contributed by atoms with Gasteiger partial charge in [-0.05, 0) is 30.0 Å². The first-order valence-corrected chi connectivity index (χ1v) is 5.71. The fourth-order valence-corrected chi connectivity index (χ4v) is 1.25. The van der Waals surface area contributed by atoms with Gasteiger partial charge in [-0.1, -0.05) is 19.8 Å². The molecule has 0 aromatic heterocycles. The Morgan fingerprint density at radius 3 is 2.64 bits per heavy atom. The van der Waals surface area contributed by atoms with Crippen molar-refractivity contribution >= 4 is 16.8 Å². The first-order chi connectivity index (χ1) is 6.61. The van der Waals surface area contributed by atoms with Crippen molar-refractivity contribution in [2.24, 2.45) is 10.7 Å². The fourth-order valence-electron chi connectivity index (χ4n) is 1.02. The van der Waals surface area contributed by atoms with Gasteiger partial charge in [0.05, 0.1) is 5.03 Å². The summed E-state index contributed by atoms with van der Waals surface area (Å²) in [6, 6.07) is 0. The SMILES string of the molecule is CCCCCC(C=C(N)S(=O)[O-])=NC. The third-order valence-corrected chi connectivity index (χ3v) is 2.33. The summed E-state index contributed by atoms with van der Waals surface area (Å²) in [5.41, 5.74) is 6.00. The predicted molar refractivity (Wildman–Crippen MR) is 58.7 cm³/mol. The van der Waals surface area contributed by atoms with Gasteiger partial charge in [0.15, 0.2) is 0 Å². The lowest BCUT2D eigenvalue weighted by atomic mass is 10.1. The van der Waals surface area contributed by atoms with Crippen molar-refractivity contribution in [2.45, 2.75) is 32.6 Å². The molecular weight excluding hydrogens is 200 g/mol. The van der Waals surface area contributed by atoms with Gasteiger partial charge < -0.3 is 10.3 Å². The average molecular weight is 217 g/mol. The lowest BCUT2D eigenvalue weighted by Crippen LogP contribution is -2.07. The summed E-state index contributed by atoms with van der Waals surface area (Å²) < 4.78 is 20.9. The van der Waals surface area contributed by atoms with Crippen LogP contribution in [0.4, 0.5) is 0 Å². The van der Waals surface area contributed by atoms with Crippen LogP contribution in [0.5, 0.6) is 0 Å². The van der Waals surface area contributed by atoms with Gasteiger partial charge in [0.1, 0.15) is 0 Å². The molecule has 14 heavy (non-hydrogen) atoms. The van der Waals surface area contributed by atoms with E-state index in [9.17, 15) is 8.76 Å². The summed E-state index contributed by atoms with van der Waals surface area (Å²) in [5, 5.41) is -0.151. The summed E-state index contributed by atoms with van der Waals surface area (Å²) in [6.07, 6.45) is 5.45. The molecule has 0 bridgehead atoms. The quantitative estimate of drug-likeness (QED) is 0.414. The van der Waals surface area contributed by atoms with Gasteiger partial charge in [-0.15, -0.1) is 0 Å². The molecule has 1 atom stereocenters. The molecule has 0 aromatic carbocycles. The third kappa shape index (κ3) is 5.88. The van der Waals surface area contributed by atoms with E-state index in [1.54, 1.807) is 7.05 Å². The zero-order valence-electron chi connectivity index (χ0n) is 8.66. The van der Waals surface area contributed by atoms with Crippen LogP contribution in [0.25, 0.3) is 0 Å². The number of nitrogens with two attached hydrogens (primary N) is 1. The lowest BCUT2D eigenvalue weighted by Gasteiger charge is -2.05. The number of rotatable bonds is 6. The zero-order chi connectivity index (χ0) is 11.0. The molecule has 0 aromatic rings. The fraction of sp³-hybridized carbons (Fsp3) is 0.667. The minimum absolute atomic E-state index is 0.151. The van der Waals surface area contributed by atoms with Gasteiger partial charge in [0.25, 0.3) is 0 Å². The molecule has 0 spiro atoms. The number of unbranched alkanes of at least 4 members (excludes halogenated alkanes) is 2. The maximum Gasteiger partial charge on any atom is 0.0846 e. The second-order valence-corrected chi connectivity index (χ2v) is 3.89. The van der Waals surface area contributed by atoms with Gasteiger partial charge in [-0.2, -0.15) is 0 Å². The van der Waals surface area contributed by atoms with Crippen molar-refractivity contribution in [3.05, 3.63) is 11.1 Å². The lowest BCUT2D eigenvalue weighted by molar-refractivity contribution is 0.543. The molecule has 4 nitrogen and oxygen atoms in total. The van der Waals surface area contributed by atoms with Gasteiger partial charge in [-0.3, -0.25) is 9.20 Å².